The van der Waals surface area contributed by atoms with Crippen molar-refractivity contribution in [1.29, 1.82) is 0 Å². The van der Waals surface area contributed by atoms with Crippen molar-refractivity contribution in [2.24, 2.45) is 0 Å². The fourth-order valence-electron chi connectivity index (χ4n) is 3.51. The lowest BCUT2D eigenvalue weighted by atomic mass is 10.1. The molecule has 0 nitrogen and oxygen atoms in total. The molecular formula is C18H28Si2. The molecule has 0 aliphatic rings. The maximum absolute atomic E-state index is 2.49. The van der Waals surface area contributed by atoms with Crippen LogP contribution in [0.4, 0.5) is 0 Å². The molecule has 0 unspecified atom stereocenters. The molecule has 0 saturated heterocycles. The van der Waals surface area contributed by atoms with Crippen molar-refractivity contribution < 1.29 is 0 Å². The molecule has 0 heterocycles. The highest BCUT2D eigenvalue weighted by molar-refractivity contribution is 6.78. The Morgan fingerprint density at radius 2 is 0.950 bits per heavy atom. The van der Waals surface area contributed by atoms with E-state index >= 15 is 0 Å². The second kappa shape index (κ2) is 7.23. The predicted molar refractivity (Wildman–Crippen MR) is 99.4 cm³/mol. The van der Waals surface area contributed by atoms with Gasteiger partial charge in [0.05, 0.1) is 17.6 Å². The van der Waals surface area contributed by atoms with Crippen LogP contribution in [-0.2, 0) is 0 Å². The van der Waals surface area contributed by atoms with E-state index in [0.29, 0.717) is 0 Å². The summed E-state index contributed by atoms with van der Waals surface area (Å²) >= 11 is 0. The van der Waals surface area contributed by atoms with Gasteiger partial charge in [0.15, 0.2) is 0 Å². The average molecular weight is 301 g/mol. The maximum atomic E-state index is 2.49. The molecule has 0 fully saturated rings. The van der Waals surface area contributed by atoms with E-state index in [1.54, 1.807) is 21.1 Å². The zero-order valence-corrected chi connectivity index (χ0v) is 15.8. The number of hydrogen-bond donors (Lipinski definition) is 0. The summed E-state index contributed by atoms with van der Waals surface area (Å²) in [5.41, 5.74) is 0. The van der Waals surface area contributed by atoms with Gasteiger partial charge in [-0.2, -0.15) is 0 Å². The third-order valence-electron chi connectivity index (χ3n) is 4.84. The smallest absolute Gasteiger partial charge is 0.0677 e. The zero-order valence-electron chi connectivity index (χ0n) is 13.4. The van der Waals surface area contributed by atoms with E-state index in [0.717, 1.165) is 0 Å². The molecule has 20 heavy (non-hydrogen) atoms. The summed E-state index contributed by atoms with van der Waals surface area (Å²) in [7, 11) is -1.51. The Balaban J connectivity index is 2.63. The summed E-state index contributed by atoms with van der Waals surface area (Å²) in [6.07, 6.45) is 0. The Bertz CT molecular complexity index is 504. The summed E-state index contributed by atoms with van der Waals surface area (Å²) in [6, 6.07) is 19.7. The van der Waals surface area contributed by atoms with Gasteiger partial charge in [0.1, 0.15) is 0 Å². The maximum Gasteiger partial charge on any atom is 0.0711 e. The standard InChI is InChI=1S/C18H28Si2/c1-5-19(6-2)17-13-14-18(20(7-3)8-4)16-12-10-9-11-15(16)17/h9-14,19-20H,5-8H2,1-4H3. The van der Waals surface area contributed by atoms with E-state index in [-0.39, 0.29) is 0 Å². The highest BCUT2D eigenvalue weighted by Gasteiger charge is 2.17. The summed E-state index contributed by atoms with van der Waals surface area (Å²) in [4.78, 5) is 0. The van der Waals surface area contributed by atoms with Crippen LogP contribution < -0.4 is 10.4 Å². The Hall–Kier alpha value is -0.866. The van der Waals surface area contributed by atoms with Crippen LogP contribution in [0.15, 0.2) is 36.4 Å². The molecule has 0 saturated carbocycles. The molecule has 0 atom stereocenters. The molecule has 2 aromatic rings. The molecule has 108 valence electrons. The van der Waals surface area contributed by atoms with Crippen molar-refractivity contribution in [3.8, 4) is 0 Å². The summed E-state index contributed by atoms with van der Waals surface area (Å²) in [5.74, 6) is 0. The molecular weight excluding hydrogens is 272 g/mol. The second-order valence-electron chi connectivity index (χ2n) is 5.82. The zero-order chi connectivity index (χ0) is 14.5. The van der Waals surface area contributed by atoms with Crippen LogP contribution >= 0.6 is 0 Å². The quantitative estimate of drug-likeness (QED) is 0.712. The molecule has 0 radical (unpaired) electrons. The Kier molecular flexibility index (Phi) is 5.61. The lowest BCUT2D eigenvalue weighted by Crippen LogP contribution is -2.34. The normalized spacial score (nSPS) is 11.7. The fourth-order valence-corrected chi connectivity index (χ4v) is 8.55. The Morgan fingerprint density at radius 1 is 0.600 bits per heavy atom. The first-order valence-electron chi connectivity index (χ1n) is 8.28. The van der Waals surface area contributed by atoms with Crippen LogP contribution in [0.2, 0.25) is 24.2 Å². The van der Waals surface area contributed by atoms with Crippen molar-refractivity contribution in [2.45, 2.75) is 51.9 Å². The van der Waals surface area contributed by atoms with E-state index in [4.69, 9.17) is 0 Å². The van der Waals surface area contributed by atoms with E-state index in [1.807, 2.05) is 0 Å². The van der Waals surface area contributed by atoms with Gasteiger partial charge in [0.25, 0.3) is 0 Å². The van der Waals surface area contributed by atoms with Gasteiger partial charge in [-0.1, -0.05) is 98.6 Å². The highest BCUT2D eigenvalue weighted by atomic mass is 28.3. The molecule has 0 spiro atoms. The minimum absolute atomic E-state index is 0.755. The van der Waals surface area contributed by atoms with Gasteiger partial charge in [-0.3, -0.25) is 0 Å². The first-order chi connectivity index (χ1) is 9.76. The van der Waals surface area contributed by atoms with E-state index in [2.05, 4.69) is 64.1 Å². The van der Waals surface area contributed by atoms with Gasteiger partial charge in [0, 0.05) is 0 Å². The van der Waals surface area contributed by atoms with Crippen molar-refractivity contribution >= 4 is 38.7 Å². The van der Waals surface area contributed by atoms with E-state index in [9.17, 15) is 0 Å². The summed E-state index contributed by atoms with van der Waals surface area (Å²) in [6.45, 7) is 9.49. The SMILES string of the molecule is CC[SiH](CC)c1ccc([SiH](CC)CC)c2ccccc12. The van der Waals surface area contributed by atoms with Crippen LogP contribution in [0, 0.1) is 0 Å². The third kappa shape index (κ3) is 2.91. The minimum atomic E-state index is -0.755. The lowest BCUT2D eigenvalue weighted by molar-refractivity contribution is 1.33. The Labute approximate surface area is 127 Å². The molecule has 2 aromatic carbocycles. The predicted octanol–water partition coefficient (Wildman–Crippen LogP) is 3.79. The molecule has 0 aliphatic carbocycles. The van der Waals surface area contributed by atoms with Crippen LogP contribution in [0.5, 0.6) is 0 Å². The molecule has 2 rings (SSSR count). The minimum Gasteiger partial charge on any atom is -0.0677 e. The van der Waals surface area contributed by atoms with E-state index < -0.39 is 17.6 Å². The lowest BCUT2D eigenvalue weighted by Gasteiger charge is -2.20. The molecule has 2 heteroatoms. The monoisotopic (exact) mass is 300 g/mol. The van der Waals surface area contributed by atoms with Gasteiger partial charge >= 0.3 is 0 Å². The third-order valence-corrected chi connectivity index (χ3v) is 11.6. The highest BCUT2D eigenvalue weighted by Crippen LogP contribution is 2.15. The van der Waals surface area contributed by atoms with Gasteiger partial charge < -0.3 is 0 Å². The Morgan fingerprint density at radius 3 is 1.25 bits per heavy atom. The first kappa shape index (κ1) is 15.5. The molecule has 0 aliphatic heterocycles. The van der Waals surface area contributed by atoms with E-state index in [1.165, 1.54) is 24.2 Å². The van der Waals surface area contributed by atoms with Crippen molar-refractivity contribution in [1.82, 2.24) is 0 Å². The number of rotatable bonds is 6. The molecule has 0 amide bonds. The van der Waals surface area contributed by atoms with Crippen LogP contribution in [-0.4, -0.2) is 17.6 Å². The van der Waals surface area contributed by atoms with Gasteiger partial charge in [0.2, 0.25) is 0 Å². The number of benzene rings is 2. The van der Waals surface area contributed by atoms with Gasteiger partial charge in [-0.15, -0.1) is 0 Å². The largest absolute Gasteiger partial charge is 0.0711 e. The number of hydrogen-bond acceptors (Lipinski definition) is 0. The van der Waals surface area contributed by atoms with Gasteiger partial charge in [-0.25, -0.2) is 0 Å². The van der Waals surface area contributed by atoms with Crippen molar-refractivity contribution in [3.63, 3.8) is 0 Å². The summed E-state index contributed by atoms with van der Waals surface area (Å²) < 4.78 is 0. The van der Waals surface area contributed by atoms with Crippen LogP contribution in [0.3, 0.4) is 0 Å². The molecule has 0 aromatic heterocycles. The van der Waals surface area contributed by atoms with Crippen LogP contribution in [0.25, 0.3) is 10.8 Å². The second-order valence-corrected chi connectivity index (χ2v) is 13.1. The topological polar surface area (TPSA) is 0 Å². The first-order valence-corrected chi connectivity index (χ1v) is 12.7. The van der Waals surface area contributed by atoms with Gasteiger partial charge in [-0.05, 0) is 10.8 Å². The van der Waals surface area contributed by atoms with Crippen LogP contribution in [0.1, 0.15) is 27.7 Å². The fraction of sp³-hybridized carbons (Fsp3) is 0.444. The average Bonchev–Trinajstić information content (AvgIpc) is 2.51. The number of fused-ring (bicyclic) bond motifs is 1. The molecule has 0 N–H and O–H groups in total. The van der Waals surface area contributed by atoms with Crippen molar-refractivity contribution in [3.05, 3.63) is 36.4 Å². The summed E-state index contributed by atoms with van der Waals surface area (Å²) in [5, 5.41) is 6.55. The van der Waals surface area contributed by atoms with Crippen molar-refractivity contribution in [2.75, 3.05) is 0 Å². The molecule has 0 bridgehead atoms.